The quantitative estimate of drug-likeness (QED) is 0.409. The topological polar surface area (TPSA) is 75.4 Å². The fourth-order valence-electron chi connectivity index (χ4n) is 4.53. The van der Waals surface area contributed by atoms with E-state index >= 15 is 0 Å². The number of benzene rings is 1. The number of hydrogen-bond acceptors (Lipinski definition) is 5. The molecule has 3 aromatic rings. The molecule has 1 saturated heterocycles. The van der Waals surface area contributed by atoms with Gasteiger partial charge >= 0.3 is 12.4 Å². The summed E-state index contributed by atoms with van der Waals surface area (Å²) in [6.07, 6.45) is -4.97. The first-order valence-corrected chi connectivity index (χ1v) is 13.5. The highest BCUT2D eigenvalue weighted by Gasteiger charge is 2.39. The third kappa shape index (κ3) is 4.70. The Morgan fingerprint density at radius 3 is 2.37 bits per heavy atom. The maximum atomic E-state index is 13.8. The molecular weight excluding hydrogens is 516 g/mol. The molecule has 2 atom stereocenters. The minimum absolute atomic E-state index is 0.0465. The molecule has 0 saturated carbocycles. The fraction of sp³-hybridized carbons (Fsp3) is 0.429. The third-order valence-corrected chi connectivity index (χ3v) is 8.10. The molecule has 1 aromatic carbocycles. The summed E-state index contributed by atoms with van der Waals surface area (Å²) in [6.45, 7) is 0.791. The van der Waals surface area contributed by atoms with Gasteiger partial charge in [-0.1, -0.05) is 6.17 Å². The van der Waals surface area contributed by atoms with Gasteiger partial charge in [-0.15, -0.1) is 0 Å². The van der Waals surface area contributed by atoms with Gasteiger partial charge in [0.2, 0.25) is 0 Å². The number of fused-ring (bicyclic) bond motifs is 3. The summed E-state index contributed by atoms with van der Waals surface area (Å²) in [6, 6.07) is 1.32. The number of hydrogen-bond donors (Lipinski definition) is 1. The fourth-order valence-corrected chi connectivity index (χ4v) is 6.06. The molecule has 2 aromatic heterocycles. The largest absolute Gasteiger partial charge is 0.417 e. The maximum absolute atomic E-state index is 13.8. The van der Waals surface area contributed by atoms with Crippen LogP contribution in [0.2, 0.25) is 0 Å². The summed E-state index contributed by atoms with van der Waals surface area (Å²) < 4.78 is 110. The summed E-state index contributed by atoms with van der Waals surface area (Å²) >= 11 is 0. The zero-order chi connectivity index (χ0) is 25.9. The highest BCUT2D eigenvalue weighted by atomic mass is 32.2. The van der Waals surface area contributed by atoms with Crippen LogP contribution in [0, 0.1) is 0 Å². The van der Waals surface area contributed by atoms with Gasteiger partial charge in [0.1, 0.15) is 14.9 Å². The van der Waals surface area contributed by atoms with Crippen molar-refractivity contribution in [2.45, 2.75) is 42.2 Å². The van der Waals surface area contributed by atoms with Crippen molar-refractivity contribution >= 4 is 47.2 Å². The van der Waals surface area contributed by atoms with Crippen molar-refractivity contribution < 1.29 is 39.9 Å². The number of aliphatic hydroxyl groups excluding tert-OH is 1. The summed E-state index contributed by atoms with van der Waals surface area (Å²) in [4.78, 5) is 2.93. The predicted molar refractivity (Wildman–Crippen MR) is 119 cm³/mol. The lowest BCUT2D eigenvalue weighted by Crippen LogP contribution is -2.34. The number of halogens is 6. The number of rotatable bonds is 3. The van der Waals surface area contributed by atoms with Crippen LogP contribution in [0.5, 0.6) is 0 Å². The van der Waals surface area contributed by atoms with Crippen LogP contribution >= 0.6 is 0 Å². The first-order valence-electron chi connectivity index (χ1n) is 10.4. The first-order chi connectivity index (χ1) is 16.1. The van der Waals surface area contributed by atoms with Crippen LogP contribution in [-0.4, -0.2) is 68.6 Å². The normalized spacial score (nSPS) is 20.4. The Morgan fingerprint density at radius 2 is 1.80 bits per heavy atom. The zero-order valence-corrected chi connectivity index (χ0v) is 20.1. The van der Waals surface area contributed by atoms with E-state index in [0.717, 1.165) is 6.07 Å². The van der Waals surface area contributed by atoms with Crippen LogP contribution < -0.4 is 0 Å². The van der Waals surface area contributed by atoms with E-state index in [1.165, 1.54) is 4.57 Å². The van der Waals surface area contributed by atoms with E-state index in [0.29, 0.717) is 44.0 Å². The predicted octanol–water partition coefficient (Wildman–Crippen LogP) is 3.68. The lowest BCUT2D eigenvalue weighted by atomic mass is 10.1. The molecule has 0 unspecified atom stereocenters. The molecule has 1 fully saturated rings. The second-order valence-electron chi connectivity index (χ2n) is 8.48. The molecule has 189 valence electrons. The standard InChI is InChI=1S/C21H20F6N3O3SSi/c1-34(32,33)18-8-16-12(7-14(18)21(25,26)27)13-6-11(20(22,23)24)9-28-19(13)30(16)15-4-3-5-29(35-2)10-17(15)31/h6-9,15,17,31H,2-5,10H2,1H3/t15-,17-/m0/s1. The van der Waals surface area contributed by atoms with Crippen molar-refractivity contribution in [3.63, 3.8) is 0 Å². The van der Waals surface area contributed by atoms with Crippen molar-refractivity contribution in [2.75, 3.05) is 19.3 Å². The van der Waals surface area contributed by atoms with Gasteiger partial charge in [0.15, 0.2) is 9.84 Å². The molecule has 14 heteroatoms. The number of β-amino-alcohol motifs (C(OH)–C–C–N with tert-alkyl or cyclic N) is 1. The van der Waals surface area contributed by atoms with E-state index < -0.39 is 50.4 Å². The molecule has 4 rings (SSSR count). The minimum Gasteiger partial charge on any atom is -0.404 e. The molecule has 0 aliphatic carbocycles. The van der Waals surface area contributed by atoms with Gasteiger partial charge < -0.3 is 14.2 Å². The highest BCUT2D eigenvalue weighted by molar-refractivity contribution is 7.90. The highest BCUT2D eigenvalue weighted by Crippen LogP contribution is 2.42. The van der Waals surface area contributed by atoms with E-state index in [1.54, 1.807) is 0 Å². The van der Waals surface area contributed by atoms with Crippen LogP contribution in [0.4, 0.5) is 26.3 Å². The maximum Gasteiger partial charge on any atom is 0.417 e. The van der Waals surface area contributed by atoms with Crippen LogP contribution in [-0.2, 0) is 22.2 Å². The monoisotopic (exact) mass is 536 g/mol. The zero-order valence-electron chi connectivity index (χ0n) is 18.3. The number of nitrogens with zero attached hydrogens (tertiary/aromatic N) is 3. The average Bonchev–Trinajstić information content (AvgIpc) is 2.93. The van der Waals surface area contributed by atoms with Gasteiger partial charge in [0.05, 0.1) is 33.7 Å². The Kier molecular flexibility index (Phi) is 6.29. The Hall–Kier alpha value is -2.45. The van der Waals surface area contributed by atoms with Crippen LogP contribution in [0.15, 0.2) is 29.3 Å². The summed E-state index contributed by atoms with van der Waals surface area (Å²) in [5, 5.41) is 10.5. The molecule has 1 aliphatic heterocycles. The van der Waals surface area contributed by atoms with Crippen molar-refractivity contribution in [1.29, 1.82) is 0 Å². The Labute approximate surface area is 198 Å². The smallest absolute Gasteiger partial charge is 0.404 e. The van der Waals surface area contributed by atoms with Crippen molar-refractivity contribution in [3.8, 4) is 0 Å². The number of aliphatic hydroxyl groups is 1. The second kappa shape index (κ2) is 8.59. The molecule has 0 amide bonds. The molecule has 0 bridgehead atoms. The lowest BCUT2D eigenvalue weighted by molar-refractivity contribution is -0.140. The number of pyridine rings is 1. The van der Waals surface area contributed by atoms with Gasteiger partial charge in [-0.3, -0.25) is 0 Å². The van der Waals surface area contributed by atoms with Crippen LogP contribution in [0.25, 0.3) is 21.9 Å². The molecule has 1 N–H and O–H groups in total. The number of aromatic nitrogens is 2. The third-order valence-electron chi connectivity index (χ3n) is 6.11. The van der Waals surface area contributed by atoms with Crippen molar-refractivity contribution in [3.05, 3.63) is 35.5 Å². The molecule has 1 radical (unpaired) electrons. The number of alkyl halides is 6. The van der Waals surface area contributed by atoms with E-state index in [2.05, 4.69) is 11.2 Å². The molecule has 0 spiro atoms. The Balaban J connectivity index is 2.12. The molecular formula is C21H20F6N3O3SSi. The minimum atomic E-state index is -5.08. The van der Waals surface area contributed by atoms with E-state index in [1.807, 2.05) is 4.57 Å². The Bertz CT molecular complexity index is 1420. The van der Waals surface area contributed by atoms with Gasteiger partial charge in [-0.2, -0.15) is 26.3 Å². The second-order valence-corrected chi connectivity index (χ2v) is 11.4. The van der Waals surface area contributed by atoms with E-state index in [9.17, 15) is 39.9 Å². The molecule has 6 nitrogen and oxygen atoms in total. The van der Waals surface area contributed by atoms with Gasteiger partial charge in [-0.25, -0.2) is 13.4 Å². The molecule has 3 heterocycles. The van der Waals surface area contributed by atoms with Gasteiger partial charge in [-0.05, 0) is 31.0 Å². The van der Waals surface area contributed by atoms with Gasteiger partial charge in [0.25, 0.3) is 0 Å². The summed E-state index contributed by atoms with van der Waals surface area (Å²) in [7, 11) is -4.22. The SMILES string of the molecule is C=[Si]N1CCC[C@H](n2c3cc(S(C)(=O)=O)c(C(F)(F)F)cc3c3cc(C(F)(F)F)cnc32)[C@@H](O)C1. The molecule has 1 aliphatic rings. The van der Waals surface area contributed by atoms with E-state index in [4.69, 9.17) is 0 Å². The van der Waals surface area contributed by atoms with E-state index in [-0.39, 0.29) is 37.8 Å². The van der Waals surface area contributed by atoms with Gasteiger partial charge in [0, 0.05) is 36.3 Å². The number of sulfone groups is 1. The van der Waals surface area contributed by atoms with Crippen LogP contribution in [0.1, 0.15) is 30.0 Å². The summed E-state index contributed by atoms with van der Waals surface area (Å²) in [5.74, 6) is 0. The average molecular weight is 537 g/mol. The van der Waals surface area contributed by atoms with Crippen molar-refractivity contribution in [2.24, 2.45) is 0 Å². The summed E-state index contributed by atoms with van der Waals surface area (Å²) in [5.41, 5.74) is -2.75. The van der Waals surface area contributed by atoms with Crippen LogP contribution in [0.3, 0.4) is 0 Å². The first kappa shape index (κ1) is 25.6. The van der Waals surface area contributed by atoms with Crippen molar-refractivity contribution in [1.82, 2.24) is 14.1 Å². The Morgan fingerprint density at radius 1 is 1.11 bits per heavy atom. The lowest BCUT2D eigenvalue weighted by Gasteiger charge is -2.26. The molecule has 35 heavy (non-hydrogen) atoms.